The van der Waals surface area contributed by atoms with Crippen LogP contribution in [0.4, 0.5) is 8.78 Å². The Morgan fingerprint density at radius 2 is 1.30 bits per heavy atom. The number of hydrogen-bond acceptors (Lipinski definition) is 15. The maximum atomic E-state index is 16.2. The van der Waals surface area contributed by atoms with Gasteiger partial charge in [-0.15, -0.1) is 0 Å². The highest BCUT2D eigenvalue weighted by Crippen LogP contribution is 2.65. The van der Waals surface area contributed by atoms with Gasteiger partial charge in [-0.25, -0.2) is 27.5 Å². The predicted molar refractivity (Wildman–Crippen MR) is 189 cm³/mol. The van der Waals surface area contributed by atoms with E-state index >= 15 is 8.78 Å². The largest absolute Gasteiger partial charge is 0.508 e. The molecule has 7 rings (SSSR count). The summed E-state index contributed by atoms with van der Waals surface area (Å²) in [5, 5.41) is 9.54. The number of nitrogens with zero attached hydrogens (tertiary/aromatic N) is 2. The van der Waals surface area contributed by atoms with Crippen LogP contribution < -0.4 is 22.5 Å². The molecule has 2 unspecified atom stereocenters. The second-order valence-corrected chi connectivity index (χ2v) is 18.0. The van der Waals surface area contributed by atoms with E-state index in [4.69, 9.17) is 27.6 Å². The minimum atomic E-state index is -5.32. The van der Waals surface area contributed by atoms with E-state index in [1.54, 1.807) is 0 Å². The quantitative estimate of drug-likeness (QED) is 0.154. The number of ketones is 1. The fourth-order valence-corrected chi connectivity index (χ4v) is 10.4. The molecule has 19 nitrogen and oxygen atoms in total. The lowest BCUT2D eigenvalue weighted by Crippen LogP contribution is -2.37. The van der Waals surface area contributed by atoms with Crippen molar-refractivity contribution in [2.75, 3.05) is 13.2 Å². The number of nitrogens with one attached hydrogen (secondary N) is 2. The molecule has 5 heterocycles. The Morgan fingerprint density at radius 1 is 0.750 bits per heavy atom. The van der Waals surface area contributed by atoms with Crippen molar-refractivity contribution in [1.29, 1.82) is 0 Å². The summed E-state index contributed by atoms with van der Waals surface area (Å²) in [5.41, 5.74) is -2.76. The van der Waals surface area contributed by atoms with Crippen LogP contribution in [0.25, 0.3) is 0 Å². The highest BCUT2D eigenvalue weighted by atomic mass is 32.7. The van der Waals surface area contributed by atoms with Crippen molar-refractivity contribution in [1.82, 2.24) is 19.1 Å². The van der Waals surface area contributed by atoms with Crippen LogP contribution in [0.1, 0.15) is 33.9 Å². The molecule has 0 spiro atoms. The number of phosphoric acid groups is 1. The van der Waals surface area contributed by atoms with Crippen molar-refractivity contribution < 1.29 is 60.3 Å². The first kappa shape index (κ1) is 39.9. The number of H-pyrrole nitrogens is 2. The van der Waals surface area contributed by atoms with Gasteiger partial charge in [0.05, 0.1) is 13.2 Å². The summed E-state index contributed by atoms with van der Waals surface area (Å²) in [4.78, 5) is 76.1. The third-order valence-electron chi connectivity index (χ3n) is 8.82. The van der Waals surface area contributed by atoms with Gasteiger partial charge in [-0.05, 0) is 41.2 Å². The van der Waals surface area contributed by atoms with Gasteiger partial charge in [0, 0.05) is 41.4 Å². The van der Waals surface area contributed by atoms with Crippen molar-refractivity contribution in [3.05, 3.63) is 131 Å². The smallest absolute Gasteiger partial charge is 0.472 e. The van der Waals surface area contributed by atoms with Gasteiger partial charge >= 0.3 is 26.0 Å². The molecular formula is C32H30F2N4O15P2S. The first-order valence-corrected chi connectivity index (χ1v) is 21.1. The van der Waals surface area contributed by atoms with E-state index < -0.39 is 99.5 Å². The third kappa shape index (κ3) is 8.49. The number of carbonyl (C=O) groups excluding carboxylic acids is 1. The summed E-state index contributed by atoms with van der Waals surface area (Å²) in [5.74, 6) is -0.557. The Morgan fingerprint density at radius 3 is 1.91 bits per heavy atom. The number of aromatic hydroxyl groups is 1. The average molecular weight is 843 g/mol. The number of halogens is 2. The zero-order valence-corrected chi connectivity index (χ0v) is 30.9. The molecule has 2 aromatic heterocycles. The number of benzene rings is 2. The minimum absolute atomic E-state index is 0.0239. The van der Waals surface area contributed by atoms with E-state index in [1.165, 1.54) is 48.5 Å². The maximum absolute atomic E-state index is 16.2. The predicted octanol–water partition coefficient (Wildman–Crippen LogP) is 2.45. The van der Waals surface area contributed by atoms with Crippen LogP contribution in [0.5, 0.6) is 5.75 Å². The molecule has 0 aliphatic carbocycles. The topological polar surface area (TPSA) is 257 Å². The fraction of sp³-hybridized carbons (Fsp3) is 0.344. The number of hydrogen-bond donors (Lipinski definition) is 4. The molecule has 3 aliphatic rings. The molecule has 0 amide bonds. The molecule has 10 atom stereocenters. The van der Waals surface area contributed by atoms with Gasteiger partial charge in [0.15, 0.2) is 30.6 Å². The Labute approximate surface area is 316 Å². The summed E-state index contributed by atoms with van der Waals surface area (Å²) in [6.07, 6.45) is -14.0. The zero-order valence-electron chi connectivity index (χ0n) is 28.3. The SMILES string of the molecule is O=C(c1ccc(O)cc1)c1ccc(CSP2(=O)OC[C@H]3O[C@@H](n4ccc(=O)[nH]c4=O)[C@H](F)[C@@H]3OP(=O)(O)OC[C@H]3O[C@@H](n4ccc(=O)[nH]c4=O)[C@H](O2)[C@@H]3F)cc1. The number of aromatic nitrogens is 4. The van der Waals surface area contributed by atoms with Gasteiger partial charge in [-0.2, -0.15) is 0 Å². The highest BCUT2D eigenvalue weighted by Gasteiger charge is 2.55. The summed E-state index contributed by atoms with van der Waals surface area (Å²) in [6, 6.07) is 13.4. The first-order valence-electron chi connectivity index (χ1n) is 16.5. The molecule has 298 valence electrons. The minimum Gasteiger partial charge on any atom is -0.508 e. The van der Waals surface area contributed by atoms with Crippen LogP contribution in [-0.2, 0) is 42.5 Å². The van der Waals surface area contributed by atoms with Crippen LogP contribution in [0.15, 0.2) is 92.2 Å². The van der Waals surface area contributed by atoms with Gasteiger partial charge in [0.2, 0.25) is 0 Å². The van der Waals surface area contributed by atoms with Crippen LogP contribution in [0.3, 0.4) is 0 Å². The highest BCUT2D eigenvalue weighted by molar-refractivity contribution is 8.54. The maximum Gasteiger partial charge on any atom is 0.472 e. The monoisotopic (exact) mass is 842 g/mol. The van der Waals surface area contributed by atoms with Gasteiger partial charge in [-0.1, -0.05) is 24.3 Å². The summed E-state index contributed by atoms with van der Waals surface area (Å²) in [7, 11) is -5.32. The normalized spacial score (nSPS) is 32.1. The van der Waals surface area contributed by atoms with E-state index in [2.05, 4.69) is 0 Å². The number of phosphoric ester groups is 1. The van der Waals surface area contributed by atoms with Crippen molar-refractivity contribution >= 4 is 31.8 Å². The number of alkyl halides is 2. The second kappa shape index (κ2) is 15.9. The summed E-state index contributed by atoms with van der Waals surface area (Å²) in [6.45, 7) is -6.71. The van der Waals surface area contributed by atoms with E-state index in [-0.39, 0.29) is 22.8 Å². The van der Waals surface area contributed by atoms with Crippen LogP contribution in [0.2, 0.25) is 0 Å². The molecule has 4 N–H and O–H groups in total. The van der Waals surface area contributed by atoms with Crippen molar-refractivity contribution in [3.8, 4) is 5.75 Å². The molecule has 4 aromatic rings. The lowest BCUT2D eigenvalue weighted by molar-refractivity contribution is -0.0642. The molecule has 0 radical (unpaired) electrons. The van der Waals surface area contributed by atoms with Crippen molar-refractivity contribution in [3.63, 3.8) is 0 Å². The Hall–Kier alpha value is -4.34. The molecular weight excluding hydrogens is 812 g/mol. The van der Waals surface area contributed by atoms with Crippen LogP contribution in [0, 0.1) is 0 Å². The van der Waals surface area contributed by atoms with Gasteiger partial charge in [0.25, 0.3) is 11.1 Å². The molecule has 56 heavy (non-hydrogen) atoms. The molecule has 24 heteroatoms. The standard InChI is InChI=1S/C32H30F2N4O15P2S/c33-24-20-13-48-54(45,46)52-27-21(51-29(25(27)34)37-11-9-22(40)35-31(37)43)14-49-55(47,53-28(24)30(50-20)38-12-10-23(41)36-32(38)44)56-15-16-1-3-17(4-2-16)26(42)18-5-7-19(39)8-6-18/h1-12,20-21,24-25,27-30,39H,13-15H2,(H,45,46)(H,35,40,43)(H,36,41,44)/t20-,21-,24-,25-,27-,28-,29-,30-,55?/m1/s1. The number of phenols is 1. The first-order chi connectivity index (χ1) is 26.6. The van der Waals surface area contributed by atoms with E-state index in [9.17, 15) is 43.1 Å². The molecule has 2 aromatic carbocycles. The van der Waals surface area contributed by atoms with E-state index in [0.29, 0.717) is 27.1 Å². The number of ether oxygens (including phenoxy) is 2. The summed E-state index contributed by atoms with van der Waals surface area (Å²) < 4.78 is 94.3. The van der Waals surface area contributed by atoms with Crippen molar-refractivity contribution in [2.24, 2.45) is 0 Å². The Balaban J connectivity index is 1.20. The lowest BCUT2D eigenvalue weighted by atomic mass is 10.0. The average Bonchev–Trinajstić information content (AvgIpc) is 3.62. The molecule has 3 aliphatic heterocycles. The van der Waals surface area contributed by atoms with Crippen LogP contribution >= 0.6 is 26.0 Å². The number of phenolic OH excluding ortho intramolecular Hbond substituents is 1. The van der Waals surface area contributed by atoms with Gasteiger partial charge in [-0.3, -0.25) is 51.6 Å². The number of aromatic amines is 2. The number of fused-ring (bicyclic) bond motifs is 3. The second-order valence-electron chi connectivity index (χ2n) is 12.5. The Bertz CT molecular complexity index is 2450. The van der Waals surface area contributed by atoms with E-state index in [0.717, 1.165) is 29.1 Å². The lowest BCUT2D eigenvalue weighted by Gasteiger charge is -2.27. The third-order valence-corrected chi connectivity index (χ3v) is 13.5. The zero-order chi connectivity index (χ0) is 39.9. The molecule has 0 saturated carbocycles. The van der Waals surface area contributed by atoms with Crippen molar-refractivity contribution in [2.45, 2.75) is 55.0 Å². The van der Waals surface area contributed by atoms with Crippen LogP contribution in [-0.4, -0.2) is 84.9 Å². The fourth-order valence-electron chi connectivity index (χ4n) is 6.05. The summed E-state index contributed by atoms with van der Waals surface area (Å²) >= 11 is 0.511. The molecule has 3 saturated heterocycles. The number of carbonyl (C=O) groups is 1. The Kier molecular flexibility index (Phi) is 11.3. The van der Waals surface area contributed by atoms with Gasteiger partial charge in [0.1, 0.15) is 30.2 Å². The van der Waals surface area contributed by atoms with Gasteiger partial charge < -0.3 is 19.5 Å². The molecule has 2 bridgehead atoms. The van der Waals surface area contributed by atoms with E-state index in [1.807, 2.05) is 9.97 Å². The number of rotatable bonds is 7. The molecule has 3 fully saturated rings.